The fourth-order valence-electron chi connectivity index (χ4n) is 1.80. The van der Waals surface area contributed by atoms with E-state index in [1.54, 1.807) is 11.8 Å². The summed E-state index contributed by atoms with van der Waals surface area (Å²) in [5.41, 5.74) is 0. The lowest BCUT2D eigenvalue weighted by Gasteiger charge is -2.23. The van der Waals surface area contributed by atoms with Crippen LogP contribution in [0.4, 0.5) is 0 Å². The second kappa shape index (κ2) is 6.03. The highest BCUT2D eigenvalue weighted by Crippen LogP contribution is 2.20. The highest BCUT2D eigenvalue weighted by Gasteiger charge is 2.30. The van der Waals surface area contributed by atoms with Crippen LogP contribution in [0.15, 0.2) is 0 Å². The van der Waals surface area contributed by atoms with E-state index in [0.29, 0.717) is 12.3 Å². The van der Waals surface area contributed by atoms with Crippen molar-refractivity contribution in [1.82, 2.24) is 4.90 Å². The van der Waals surface area contributed by atoms with E-state index in [0.717, 1.165) is 30.9 Å². The maximum atomic E-state index is 12.0. The van der Waals surface area contributed by atoms with Gasteiger partial charge in [-0.15, -0.1) is 0 Å². The molecule has 2 atom stereocenters. The lowest BCUT2D eigenvalue weighted by atomic mass is 10.1. The molecule has 1 rings (SSSR count). The number of amides is 1. The van der Waals surface area contributed by atoms with Crippen LogP contribution in [0, 0.1) is 5.92 Å². The minimum atomic E-state index is -0.253. The molecule has 0 aromatic carbocycles. The number of aldehydes is 1. The average molecular weight is 243 g/mol. The summed E-state index contributed by atoms with van der Waals surface area (Å²) in [6.45, 7) is 3.96. The van der Waals surface area contributed by atoms with E-state index in [1.165, 1.54) is 6.92 Å². The number of thioether (sulfide) groups is 1. The van der Waals surface area contributed by atoms with Crippen LogP contribution in [0.25, 0.3) is 0 Å². The fraction of sp³-hybridized carbons (Fsp3) is 0.727. The second-order valence-corrected chi connectivity index (χ2v) is 5.28. The molecular weight excluding hydrogens is 226 g/mol. The van der Waals surface area contributed by atoms with E-state index in [-0.39, 0.29) is 23.0 Å². The third-order valence-corrected chi connectivity index (χ3v) is 3.77. The van der Waals surface area contributed by atoms with Gasteiger partial charge in [0.25, 0.3) is 0 Å². The minimum absolute atomic E-state index is 0.0108. The SMILES string of the molecule is CC(=O)SCC(C)C(=O)N1CCCC1C=O. The van der Waals surface area contributed by atoms with Crippen LogP contribution in [0.5, 0.6) is 0 Å². The quantitative estimate of drug-likeness (QED) is 0.694. The molecule has 1 amide bonds. The van der Waals surface area contributed by atoms with Gasteiger partial charge in [-0.05, 0) is 12.8 Å². The summed E-state index contributed by atoms with van der Waals surface area (Å²) in [4.78, 5) is 35.2. The molecule has 0 N–H and O–H groups in total. The number of likely N-dealkylation sites (tertiary alicyclic amines) is 1. The third kappa shape index (κ3) is 3.33. The van der Waals surface area contributed by atoms with Gasteiger partial charge in [-0.25, -0.2) is 0 Å². The summed E-state index contributed by atoms with van der Waals surface area (Å²) in [6.07, 6.45) is 2.50. The lowest BCUT2D eigenvalue weighted by molar-refractivity contribution is -0.137. The largest absolute Gasteiger partial charge is 0.333 e. The first-order chi connectivity index (χ1) is 7.56. The van der Waals surface area contributed by atoms with Gasteiger partial charge in [-0.3, -0.25) is 9.59 Å². The van der Waals surface area contributed by atoms with Crippen molar-refractivity contribution in [2.75, 3.05) is 12.3 Å². The molecular formula is C11H17NO3S. The van der Waals surface area contributed by atoms with Crippen molar-refractivity contribution in [2.24, 2.45) is 5.92 Å². The predicted octanol–water partition coefficient (Wildman–Crippen LogP) is 1.09. The van der Waals surface area contributed by atoms with Gasteiger partial charge in [0.15, 0.2) is 5.12 Å². The van der Waals surface area contributed by atoms with Crippen LogP contribution in [-0.2, 0) is 14.4 Å². The number of rotatable bonds is 4. The van der Waals surface area contributed by atoms with E-state index in [2.05, 4.69) is 0 Å². The Kier molecular flexibility index (Phi) is 4.99. The van der Waals surface area contributed by atoms with Crippen molar-refractivity contribution in [3.8, 4) is 0 Å². The van der Waals surface area contributed by atoms with Crippen LogP contribution >= 0.6 is 11.8 Å². The summed E-state index contributed by atoms with van der Waals surface area (Å²) in [6, 6.07) is -0.253. The zero-order chi connectivity index (χ0) is 12.1. The summed E-state index contributed by atoms with van der Waals surface area (Å²) in [7, 11) is 0. The molecule has 0 aliphatic carbocycles. The van der Waals surface area contributed by atoms with Gasteiger partial charge in [0.05, 0.1) is 6.04 Å². The van der Waals surface area contributed by atoms with Gasteiger partial charge < -0.3 is 9.69 Å². The maximum Gasteiger partial charge on any atom is 0.226 e. The number of hydrogen-bond donors (Lipinski definition) is 0. The number of nitrogens with zero attached hydrogens (tertiary/aromatic N) is 1. The molecule has 0 spiro atoms. The van der Waals surface area contributed by atoms with Gasteiger partial charge in [0.1, 0.15) is 6.29 Å². The van der Waals surface area contributed by atoms with Crippen LogP contribution < -0.4 is 0 Å². The smallest absolute Gasteiger partial charge is 0.226 e. The predicted molar refractivity (Wildman–Crippen MR) is 63.1 cm³/mol. The standard InChI is InChI=1S/C11H17NO3S/c1-8(7-16-9(2)14)11(15)12-5-3-4-10(12)6-13/h6,8,10H,3-5,7H2,1-2H3. The zero-order valence-electron chi connectivity index (χ0n) is 9.64. The molecule has 5 heteroatoms. The van der Waals surface area contributed by atoms with Gasteiger partial charge in [-0.2, -0.15) is 0 Å². The first-order valence-electron chi connectivity index (χ1n) is 5.45. The van der Waals surface area contributed by atoms with Crippen LogP contribution in [0.1, 0.15) is 26.7 Å². The Morgan fingerprint density at radius 2 is 2.25 bits per heavy atom. The van der Waals surface area contributed by atoms with Crippen LogP contribution in [-0.4, -0.2) is 40.5 Å². The van der Waals surface area contributed by atoms with E-state index < -0.39 is 0 Å². The monoisotopic (exact) mass is 243 g/mol. The highest BCUT2D eigenvalue weighted by atomic mass is 32.2. The van der Waals surface area contributed by atoms with Crippen molar-refractivity contribution in [1.29, 1.82) is 0 Å². The molecule has 1 fully saturated rings. The topological polar surface area (TPSA) is 54.5 Å². The molecule has 0 bridgehead atoms. The Morgan fingerprint density at radius 3 is 2.81 bits per heavy atom. The molecule has 1 aliphatic heterocycles. The molecule has 0 aromatic heterocycles. The molecule has 16 heavy (non-hydrogen) atoms. The Bertz CT molecular complexity index is 293. The van der Waals surface area contributed by atoms with Gasteiger partial charge in [0.2, 0.25) is 5.91 Å². The first kappa shape index (κ1) is 13.2. The van der Waals surface area contributed by atoms with Crippen molar-refractivity contribution >= 4 is 29.1 Å². The maximum absolute atomic E-state index is 12.0. The molecule has 0 radical (unpaired) electrons. The molecule has 90 valence electrons. The van der Waals surface area contributed by atoms with E-state index in [9.17, 15) is 14.4 Å². The highest BCUT2D eigenvalue weighted by molar-refractivity contribution is 8.13. The minimum Gasteiger partial charge on any atom is -0.333 e. The van der Waals surface area contributed by atoms with Gasteiger partial charge in [0, 0.05) is 25.1 Å². The number of hydrogen-bond acceptors (Lipinski definition) is 4. The number of carbonyl (C=O) groups is 3. The normalized spacial score (nSPS) is 21.9. The Morgan fingerprint density at radius 1 is 1.56 bits per heavy atom. The fourth-order valence-corrected chi connectivity index (χ4v) is 2.43. The van der Waals surface area contributed by atoms with E-state index in [4.69, 9.17) is 0 Å². The summed E-state index contributed by atoms with van der Waals surface area (Å²) >= 11 is 1.16. The summed E-state index contributed by atoms with van der Waals surface area (Å²) < 4.78 is 0. The molecule has 0 saturated carbocycles. The Hall–Kier alpha value is -0.840. The first-order valence-corrected chi connectivity index (χ1v) is 6.44. The molecule has 2 unspecified atom stereocenters. The van der Waals surface area contributed by atoms with Gasteiger partial charge in [-0.1, -0.05) is 18.7 Å². The van der Waals surface area contributed by atoms with Gasteiger partial charge >= 0.3 is 0 Å². The van der Waals surface area contributed by atoms with Crippen LogP contribution in [0.2, 0.25) is 0 Å². The van der Waals surface area contributed by atoms with Crippen LogP contribution in [0.3, 0.4) is 0 Å². The molecule has 1 saturated heterocycles. The van der Waals surface area contributed by atoms with Crippen molar-refractivity contribution < 1.29 is 14.4 Å². The number of carbonyl (C=O) groups excluding carboxylic acids is 3. The van der Waals surface area contributed by atoms with Crippen molar-refractivity contribution in [3.63, 3.8) is 0 Å². The average Bonchev–Trinajstić information content (AvgIpc) is 2.72. The lowest BCUT2D eigenvalue weighted by Crippen LogP contribution is -2.40. The van der Waals surface area contributed by atoms with E-state index in [1.807, 2.05) is 0 Å². The molecule has 4 nitrogen and oxygen atoms in total. The van der Waals surface area contributed by atoms with Crippen molar-refractivity contribution in [3.05, 3.63) is 0 Å². The van der Waals surface area contributed by atoms with E-state index >= 15 is 0 Å². The zero-order valence-corrected chi connectivity index (χ0v) is 10.5. The molecule has 0 aromatic rings. The Labute approximate surface area is 99.8 Å². The van der Waals surface area contributed by atoms with Crippen molar-refractivity contribution in [2.45, 2.75) is 32.7 Å². The molecule has 1 heterocycles. The summed E-state index contributed by atoms with van der Waals surface area (Å²) in [5.74, 6) is 0.286. The third-order valence-electron chi connectivity index (χ3n) is 2.70. The molecule has 1 aliphatic rings. The summed E-state index contributed by atoms with van der Waals surface area (Å²) in [5, 5.41) is 0.0213. The second-order valence-electron chi connectivity index (χ2n) is 4.08. The Balaban J connectivity index is 2.49.